The molecular formula is C24H23N3O3S. The maximum absolute atomic E-state index is 13.2. The predicted octanol–water partition coefficient (Wildman–Crippen LogP) is 3.95. The zero-order valence-electron chi connectivity index (χ0n) is 17.2. The Kier molecular flexibility index (Phi) is 6.43. The molecule has 1 aliphatic heterocycles. The Labute approximate surface area is 185 Å². The number of rotatable bonds is 6. The summed E-state index contributed by atoms with van der Waals surface area (Å²) in [5.74, 6) is -0.388. The number of oxime groups is 1. The van der Waals surface area contributed by atoms with Gasteiger partial charge in [0.25, 0.3) is 5.91 Å². The molecule has 1 unspecified atom stereocenters. The molecule has 1 atom stereocenters. The lowest BCUT2D eigenvalue weighted by Gasteiger charge is -2.23. The number of carbonyl (C=O) groups excluding carboxylic acids is 2. The van der Waals surface area contributed by atoms with Crippen LogP contribution in [0.1, 0.15) is 21.7 Å². The van der Waals surface area contributed by atoms with Crippen molar-refractivity contribution in [1.29, 1.82) is 0 Å². The van der Waals surface area contributed by atoms with Gasteiger partial charge in [-0.2, -0.15) is 0 Å². The topological polar surface area (TPSA) is 71.0 Å². The van der Waals surface area contributed by atoms with E-state index in [0.29, 0.717) is 24.2 Å². The number of hydrogen-bond donors (Lipinski definition) is 1. The molecule has 6 nitrogen and oxygen atoms in total. The van der Waals surface area contributed by atoms with Crippen molar-refractivity contribution >= 4 is 28.9 Å². The van der Waals surface area contributed by atoms with Crippen molar-refractivity contribution in [3.8, 4) is 11.1 Å². The highest BCUT2D eigenvalue weighted by Crippen LogP contribution is 2.23. The molecule has 2 aromatic carbocycles. The van der Waals surface area contributed by atoms with Gasteiger partial charge in [0.05, 0.1) is 18.8 Å². The molecule has 1 aliphatic rings. The zero-order chi connectivity index (χ0) is 21.6. The van der Waals surface area contributed by atoms with Crippen LogP contribution in [0.2, 0.25) is 0 Å². The highest BCUT2D eigenvalue weighted by Gasteiger charge is 2.38. The van der Waals surface area contributed by atoms with Crippen LogP contribution in [0.25, 0.3) is 11.1 Å². The van der Waals surface area contributed by atoms with E-state index in [9.17, 15) is 9.59 Å². The zero-order valence-corrected chi connectivity index (χ0v) is 18.0. The van der Waals surface area contributed by atoms with E-state index in [4.69, 9.17) is 4.84 Å². The van der Waals surface area contributed by atoms with E-state index in [2.05, 4.69) is 10.5 Å². The van der Waals surface area contributed by atoms with E-state index in [1.54, 1.807) is 28.4 Å². The van der Waals surface area contributed by atoms with E-state index in [1.165, 1.54) is 7.11 Å². The van der Waals surface area contributed by atoms with E-state index in [1.807, 2.05) is 60.0 Å². The lowest BCUT2D eigenvalue weighted by molar-refractivity contribution is -0.124. The van der Waals surface area contributed by atoms with Crippen molar-refractivity contribution in [2.75, 3.05) is 13.7 Å². The van der Waals surface area contributed by atoms with Crippen molar-refractivity contribution in [2.45, 2.75) is 19.0 Å². The minimum atomic E-state index is -0.616. The van der Waals surface area contributed by atoms with Crippen LogP contribution in [0, 0.1) is 0 Å². The number of nitrogens with zero attached hydrogens (tertiary/aromatic N) is 2. The van der Waals surface area contributed by atoms with Gasteiger partial charge in [-0.1, -0.05) is 53.7 Å². The highest BCUT2D eigenvalue weighted by molar-refractivity contribution is 7.09. The average Bonchev–Trinajstić information content (AvgIpc) is 3.48. The monoisotopic (exact) mass is 433 g/mol. The molecule has 0 radical (unpaired) electrons. The number of benzene rings is 2. The summed E-state index contributed by atoms with van der Waals surface area (Å²) in [7, 11) is 1.46. The van der Waals surface area contributed by atoms with E-state index < -0.39 is 6.04 Å². The summed E-state index contributed by atoms with van der Waals surface area (Å²) in [5.41, 5.74) is 3.33. The van der Waals surface area contributed by atoms with Gasteiger partial charge in [0.1, 0.15) is 13.2 Å². The first kappa shape index (κ1) is 20.8. The molecule has 158 valence electrons. The SMILES string of the molecule is CO/N=C1\CC(C(=O)NCc2cccs2)N(C(=O)c2ccc(-c3ccccc3)cc2)C1. The first-order valence-corrected chi connectivity index (χ1v) is 10.9. The second-order valence-electron chi connectivity index (χ2n) is 7.23. The highest BCUT2D eigenvalue weighted by atomic mass is 32.1. The van der Waals surface area contributed by atoms with Gasteiger partial charge in [0.15, 0.2) is 0 Å². The third kappa shape index (κ3) is 4.83. The summed E-state index contributed by atoms with van der Waals surface area (Å²) < 4.78 is 0. The largest absolute Gasteiger partial charge is 0.399 e. The normalized spacial score (nSPS) is 17.0. The number of carbonyl (C=O) groups is 2. The van der Waals surface area contributed by atoms with Gasteiger partial charge in [0, 0.05) is 16.9 Å². The van der Waals surface area contributed by atoms with Crippen molar-refractivity contribution in [1.82, 2.24) is 10.2 Å². The van der Waals surface area contributed by atoms with Gasteiger partial charge in [-0.05, 0) is 34.7 Å². The van der Waals surface area contributed by atoms with E-state index >= 15 is 0 Å². The number of thiophene rings is 1. The summed E-state index contributed by atoms with van der Waals surface area (Å²) >= 11 is 1.58. The summed E-state index contributed by atoms with van der Waals surface area (Å²) in [6.07, 6.45) is 0.359. The standard InChI is InChI=1S/C24H23N3O3S/c1-30-26-20-14-22(23(28)25-15-21-8-5-13-31-21)27(16-20)24(29)19-11-9-18(10-12-19)17-6-3-2-4-7-17/h2-13,22H,14-16H2,1H3,(H,25,28)/b26-20+. The molecule has 1 N–H and O–H groups in total. The van der Waals surface area contributed by atoms with Gasteiger partial charge in [-0.3, -0.25) is 9.59 Å². The summed E-state index contributed by atoms with van der Waals surface area (Å²) in [4.78, 5) is 33.6. The number of amides is 2. The Morgan fingerprint density at radius 1 is 1.06 bits per heavy atom. The van der Waals surface area contributed by atoms with Gasteiger partial charge >= 0.3 is 0 Å². The van der Waals surface area contributed by atoms with Crippen molar-refractivity contribution in [3.05, 3.63) is 82.6 Å². The lowest BCUT2D eigenvalue weighted by atomic mass is 10.0. The van der Waals surface area contributed by atoms with E-state index in [-0.39, 0.29) is 18.4 Å². The molecule has 0 saturated carbocycles. The smallest absolute Gasteiger partial charge is 0.254 e. The molecule has 7 heteroatoms. The Morgan fingerprint density at radius 2 is 1.81 bits per heavy atom. The third-order valence-corrected chi connectivity index (χ3v) is 6.07. The van der Waals surface area contributed by atoms with Crippen LogP contribution < -0.4 is 5.32 Å². The Bertz CT molecular complexity index is 1060. The fourth-order valence-electron chi connectivity index (χ4n) is 3.65. The van der Waals surface area contributed by atoms with Crippen LogP contribution in [0.5, 0.6) is 0 Å². The molecule has 0 aliphatic carbocycles. The first-order chi connectivity index (χ1) is 15.2. The minimum Gasteiger partial charge on any atom is -0.399 e. The molecular weight excluding hydrogens is 410 g/mol. The maximum atomic E-state index is 13.2. The van der Waals surface area contributed by atoms with E-state index in [0.717, 1.165) is 16.0 Å². The Morgan fingerprint density at radius 3 is 2.48 bits per heavy atom. The fraction of sp³-hybridized carbons (Fsp3) is 0.208. The molecule has 3 aromatic rings. The molecule has 2 heterocycles. The van der Waals surface area contributed by atoms with Crippen LogP contribution in [0.15, 0.2) is 77.3 Å². The number of likely N-dealkylation sites (tertiary alicyclic amines) is 1. The molecule has 0 bridgehead atoms. The quantitative estimate of drug-likeness (QED) is 0.599. The molecule has 31 heavy (non-hydrogen) atoms. The van der Waals surface area contributed by atoms with Crippen molar-refractivity contribution in [3.63, 3.8) is 0 Å². The van der Waals surface area contributed by atoms with Crippen LogP contribution in [0.4, 0.5) is 0 Å². The maximum Gasteiger partial charge on any atom is 0.254 e. The second kappa shape index (κ2) is 9.57. The van der Waals surface area contributed by atoms with Crippen molar-refractivity contribution in [2.24, 2.45) is 5.16 Å². The van der Waals surface area contributed by atoms with Crippen LogP contribution in [-0.4, -0.2) is 42.1 Å². The summed E-state index contributed by atoms with van der Waals surface area (Å²) in [6.45, 7) is 0.710. The van der Waals surface area contributed by atoms with Crippen LogP contribution >= 0.6 is 11.3 Å². The predicted molar refractivity (Wildman–Crippen MR) is 122 cm³/mol. The first-order valence-electron chi connectivity index (χ1n) is 10.0. The molecule has 4 rings (SSSR count). The summed E-state index contributed by atoms with van der Waals surface area (Å²) in [5, 5.41) is 8.90. The molecule has 1 fully saturated rings. The Balaban J connectivity index is 1.51. The van der Waals surface area contributed by atoms with Gasteiger partial charge in [-0.15, -0.1) is 11.3 Å². The van der Waals surface area contributed by atoms with Crippen molar-refractivity contribution < 1.29 is 14.4 Å². The summed E-state index contributed by atoms with van der Waals surface area (Å²) in [6, 6.07) is 20.7. The Hall–Kier alpha value is -3.45. The molecule has 2 amide bonds. The van der Waals surface area contributed by atoms with Gasteiger partial charge in [0.2, 0.25) is 5.91 Å². The number of nitrogens with one attached hydrogen (secondary N) is 1. The minimum absolute atomic E-state index is 0.191. The second-order valence-corrected chi connectivity index (χ2v) is 8.27. The third-order valence-electron chi connectivity index (χ3n) is 5.20. The average molecular weight is 434 g/mol. The van der Waals surface area contributed by atoms with Gasteiger partial charge < -0.3 is 15.1 Å². The molecule has 0 spiro atoms. The number of hydrogen-bond acceptors (Lipinski definition) is 5. The molecule has 1 saturated heterocycles. The van der Waals surface area contributed by atoms with Crippen LogP contribution in [0.3, 0.4) is 0 Å². The van der Waals surface area contributed by atoms with Crippen LogP contribution in [-0.2, 0) is 16.2 Å². The molecule has 1 aromatic heterocycles. The van der Waals surface area contributed by atoms with Gasteiger partial charge in [-0.25, -0.2) is 0 Å². The fourth-order valence-corrected chi connectivity index (χ4v) is 4.30. The lowest BCUT2D eigenvalue weighted by Crippen LogP contribution is -2.45.